The number of methoxy groups -OCH3 is 1. The molecule has 3 nitrogen and oxygen atoms in total. The fourth-order valence-electron chi connectivity index (χ4n) is 1.26. The summed E-state index contributed by atoms with van der Waals surface area (Å²) >= 11 is 3.39. The zero-order valence-corrected chi connectivity index (χ0v) is 9.99. The summed E-state index contributed by atoms with van der Waals surface area (Å²) in [5.74, 6) is 5.58. The monoisotopic (exact) mass is 258 g/mol. The van der Waals surface area contributed by atoms with Crippen LogP contribution >= 0.6 is 15.9 Å². The van der Waals surface area contributed by atoms with Crippen LogP contribution in [0.3, 0.4) is 0 Å². The van der Waals surface area contributed by atoms with Gasteiger partial charge in [-0.05, 0) is 17.7 Å². The van der Waals surface area contributed by atoms with E-state index in [-0.39, 0.29) is 6.10 Å². The molecule has 0 saturated heterocycles. The Bertz CT molecular complexity index is 274. The third-order valence-corrected chi connectivity index (χ3v) is 2.51. The molecule has 14 heavy (non-hydrogen) atoms. The molecule has 0 radical (unpaired) electrons. The van der Waals surface area contributed by atoms with Crippen molar-refractivity contribution in [1.82, 2.24) is 5.01 Å². The summed E-state index contributed by atoms with van der Waals surface area (Å²) in [5, 5.41) is 1.62. The Morgan fingerprint density at radius 3 is 2.43 bits per heavy atom. The minimum absolute atomic E-state index is 0.0260. The standard InChI is InChI=1S/C10H15BrN2O/c1-13(12)7-10(14-2)8-3-5-9(11)6-4-8/h3-6,10H,7,12H2,1-2H3. The Kier molecular flexibility index (Phi) is 4.54. The summed E-state index contributed by atoms with van der Waals surface area (Å²) in [6, 6.07) is 8.05. The third kappa shape index (κ3) is 3.38. The van der Waals surface area contributed by atoms with Crippen LogP contribution in [0, 0.1) is 0 Å². The summed E-state index contributed by atoms with van der Waals surface area (Å²) < 4.78 is 6.42. The molecule has 0 spiro atoms. The number of benzene rings is 1. The predicted octanol–water partition coefficient (Wildman–Crippen LogP) is 1.94. The lowest BCUT2D eigenvalue weighted by molar-refractivity contribution is 0.0717. The van der Waals surface area contributed by atoms with Gasteiger partial charge >= 0.3 is 0 Å². The molecule has 4 heteroatoms. The maximum Gasteiger partial charge on any atom is 0.0961 e. The Morgan fingerprint density at radius 1 is 1.43 bits per heavy atom. The summed E-state index contributed by atoms with van der Waals surface area (Å²) in [7, 11) is 3.51. The zero-order chi connectivity index (χ0) is 10.6. The van der Waals surface area contributed by atoms with E-state index in [1.807, 2.05) is 31.3 Å². The lowest BCUT2D eigenvalue weighted by atomic mass is 10.1. The molecule has 0 heterocycles. The Balaban J connectivity index is 2.73. The maximum absolute atomic E-state index is 5.58. The van der Waals surface area contributed by atoms with Crippen LogP contribution in [0.2, 0.25) is 0 Å². The van der Waals surface area contributed by atoms with Crippen molar-refractivity contribution in [3.63, 3.8) is 0 Å². The van der Waals surface area contributed by atoms with Crippen molar-refractivity contribution in [1.29, 1.82) is 0 Å². The zero-order valence-electron chi connectivity index (χ0n) is 8.40. The van der Waals surface area contributed by atoms with Crippen molar-refractivity contribution in [2.45, 2.75) is 6.10 Å². The fraction of sp³-hybridized carbons (Fsp3) is 0.400. The lowest BCUT2D eigenvalue weighted by Crippen LogP contribution is -2.31. The minimum atomic E-state index is 0.0260. The molecule has 78 valence electrons. The van der Waals surface area contributed by atoms with Gasteiger partial charge in [0.1, 0.15) is 0 Å². The number of hydrogen-bond donors (Lipinski definition) is 1. The molecule has 0 saturated carbocycles. The van der Waals surface area contributed by atoms with Gasteiger partial charge in [-0.15, -0.1) is 0 Å². The van der Waals surface area contributed by atoms with Gasteiger partial charge in [-0.1, -0.05) is 28.1 Å². The molecule has 2 N–H and O–H groups in total. The SMILES string of the molecule is COC(CN(C)N)c1ccc(Br)cc1. The van der Waals surface area contributed by atoms with E-state index in [4.69, 9.17) is 10.6 Å². The largest absolute Gasteiger partial charge is 0.375 e. The number of hydrogen-bond acceptors (Lipinski definition) is 3. The van der Waals surface area contributed by atoms with Crippen molar-refractivity contribution < 1.29 is 4.74 Å². The molecule has 1 rings (SSSR count). The number of nitrogens with two attached hydrogens (primary N) is 1. The van der Waals surface area contributed by atoms with Gasteiger partial charge in [-0.3, -0.25) is 5.84 Å². The van der Waals surface area contributed by atoms with E-state index < -0.39 is 0 Å². The van der Waals surface area contributed by atoms with E-state index in [9.17, 15) is 0 Å². The molecule has 0 aliphatic carbocycles. The fourth-order valence-corrected chi connectivity index (χ4v) is 1.52. The maximum atomic E-state index is 5.58. The summed E-state index contributed by atoms with van der Waals surface area (Å²) in [5.41, 5.74) is 1.13. The van der Waals surface area contributed by atoms with Crippen molar-refractivity contribution in [2.24, 2.45) is 5.84 Å². The lowest BCUT2D eigenvalue weighted by Gasteiger charge is -2.19. The molecule has 0 aliphatic heterocycles. The molecule has 1 atom stereocenters. The average molecular weight is 259 g/mol. The first kappa shape index (κ1) is 11.7. The second kappa shape index (κ2) is 5.46. The predicted molar refractivity (Wildman–Crippen MR) is 60.7 cm³/mol. The normalized spacial score (nSPS) is 13.2. The quantitative estimate of drug-likeness (QED) is 0.663. The molecule has 0 bridgehead atoms. The van der Waals surface area contributed by atoms with E-state index in [1.54, 1.807) is 12.1 Å². The highest BCUT2D eigenvalue weighted by Gasteiger charge is 2.11. The Hall–Kier alpha value is -0.420. The summed E-state index contributed by atoms with van der Waals surface area (Å²) in [6.07, 6.45) is 0.0260. The van der Waals surface area contributed by atoms with Gasteiger partial charge < -0.3 is 4.74 Å². The molecular formula is C10H15BrN2O. The number of likely N-dealkylation sites (N-methyl/N-ethyl adjacent to an activating group) is 1. The van der Waals surface area contributed by atoms with Crippen LogP contribution in [0.4, 0.5) is 0 Å². The van der Waals surface area contributed by atoms with E-state index in [1.165, 1.54) is 0 Å². The highest BCUT2D eigenvalue weighted by atomic mass is 79.9. The first-order valence-corrected chi connectivity index (χ1v) is 5.17. The van der Waals surface area contributed by atoms with Crippen LogP contribution in [0.15, 0.2) is 28.7 Å². The van der Waals surface area contributed by atoms with Gasteiger partial charge in [0.25, 0.3) is 0 Å². The Labute approximate surface area is 92.9 Å². The van der Waals surface area contributed by atoms with Gasteiger partial charge in [0.05, 0.1) is 6.10 Å². The van der Waals surface area contributed by atoms with Crippen LogP contribution in [-0.4, -0.2) is 25.7 Å². The topological polar surface area (TPSA) is 38.5 Å². The summed E-state index contributed by atoms with van der Waals surface area (Å²) in [6.45, 7) is 0.679. The number of rotatable bonds is 4. The molecule has 0 aromatic heterocycles. The van der Waals surface area contributed by atoms with Crippen LogP contribution in [-0.2, 0) is 4.74 Å². The van der Waals surface area contributed by atoms with Crippen LogP contribution in [0.25, 0.3) is 0 Å². The number of nitrogens with zero attached hydrogens (tertiary/aromatic N) is 1. The van der Waals surface area contributed by atoms with Crippen LogP contribution in [0.1, 0.15) is 11.7 Å². The average Bonchev–Trinajstić information content (AvgIpc) is 2.15. The molecule has 1 aromatic carbocycles. The van der Waals surface area contributed by atoms with Crippen LogP contribution in [0.5, 0.6) is 0 Å². The van der Waals surface area contributed by atoms with Crippen molar-refractivity contribution in [2.75, 3.05) is 20.7 Å². The molecule has 1 aromatic rings. The Morgan fingerprint density at radius 2 is 2.00 bits per heavy atom. The highest BCUT2D eigenvalue weighted by molar-refractivity contribution is 9.10. The molecule has 0 fully saturated rings. The molecule has 0 aliphatic rings. The van der Waals surface area contributed by atoms with E-state index in [2.05, 4.69) is 15.9 Å². The van der Waals surface area contributed by atoms with Crippen molar-refractivity contribution in [3.05, 3.63) is 34.3 Å². The van der Waals surface area contributed by atoms with E-state index in [0.29, 0.717) is 6.54 Å². The molecule has 1 unspecified atom stereocenters. The first-order chi connectivity index (χ1) is 6.63. The highest BCUT2D eigenvalue weighted by Crippen LogP contribution is 2.19. The number of halogens is 1. The second-order valence-corrected chi connectivity index (χ2v) is 4.13. The smallest absolute Gasteiger partial charge is 0.0961 e. The molecular weight excluding hydrogens is 244 g/mol. The van der Waals surface area contributed by atoms with Gasteiger partial charge in [-0.2, -0.15) is 0 Å². The number of ether oxygens (including phenoxy) is 1. The van der Waals surface area contributed by atoms with Gasteiger partial charge in [0.2, 0.25) is 0 Å². The minimum Gasteiger partial charge on any atom is -0.375 e. The molecule has 0 amide bonds. The van der Waals surface area contributed by atoms with Crippen molar-refractivity contribution in [3.8, 4) is 0 Å². The van der Waals surface area contributed by atoms with Crippen LogP contribution < -0.4 is 5.84 Å². The summed E-state index contributed by atoms with van der Waals surface area (Å²) in [4.78, 5) is 0. The van der Waals surface area contributed by atoms with Gasteiger partial charge in [0.15, 0.2) is 0 Å². The van der Waals surface area contributed by atoms with Crippen molar-refractivity contribution >= 4 is 15.9 Å². The second-order valence-electron chi connectivity index (χ2n) is 3.22. The number of hydrazine groups is 1. The first-order valence-electron chi connectivity index (χ1n) is 4.37. The van der Waals surface area contributed by atoms with Gasteiger partial charge in [0, 0.05) is 25.2 Å². The van der Waals surface area contributed by atoms with E-state index in [0.717, 1.165) is 10.0 Å². The van der Waals surface area contributed by atoms with Gasteiger partial charge in [-0.25, -0.2) is 5.01 Å². The van der Waals surface area contributed by atoms with E-state index >= 15 is 0 Å². The third-order valence-electron chi connectivity index (χ3n) is 1.98.